The summed E-state index contributed by atoms with van der Waals surface area (Å²) in [6, 6.07) is 22.8. The van der Waals surface area contributed by atoms with Gasteiger partial charge in [-0.25, -0.2) is 9.97 Å². The average molecular weight is 406 g/mol. The molecule has 0 saturated heterocycles. The van der Waals surface area contributed by atoms with E-state index in [-0.39, 0.29) is 0 Å². The SMILES string of the molecule is Cc1cc(NCc2ccccc2)ccc1Cc1nc(-c2cccnc2)c2[nH]ccc2n1. The highest BCUT2D eigenvalue weighted by atomic mass is 14.9. The molecule has 0 aliphatic heterocycles. The quantitative estimate of drug-likeness (QED) is 0.390. The third kappa shape index (κ3) is 4.16. The average Bonchev–Trinajstić information content (AvgIpc) is 3.29. The Bertz CT molecular complexity index is 1310. The van der Waals surface area contributed by atoms with Gasteiger partial charge in [0.1, 0.15) is 5.82 Å². The summed E-state index contributed by atoms with van der Waals surface area (Å²) in [5.74, 6) is 0.805. The van der Waals surface area contributed by atoms with Crippen molar-refractivity contribution in [3.8, 4) is 11.3 Å². The van der Waals surface area contributed by atoms with Gasteiger partial charge < -0.3 is 10.3 Å². The van der Waals surface area contributed by atoms with Crippen LogP contribution in [0.25, 0.3) is 22.3 Å². The second-order valence-electron chi connectivity index (χ2n) is 7.63. The zero-order valence-electron chi connectivity index (χ0n) is 17.3. The van der Waals surface area contributed by atoms with Crippen LogP contribution >= 0.6 is 0 Å². The van der Waals surface area contributed by atoms with E-state index in [1.807, 2.05) is 36.7 Å². The summed E-state index contributed by atoms with van der Waals surface area (Å²) in [5, 5.41) is 3.50. The predicted octanol–water partition coefficient (Wildman–Crippen LogP) is 5.53. The van der Waals surface area contributed by atoms with Gasteiger partial charge in [-0.1, -0.05) is 36.4 Å². The molecule has 5 nitrogen and oxygen atoms in total. The molecule has 0 aliphatic carbocycles. The minimum absolute atomic E-state index is 0.680. The van der Waals surface area contributed by atoms with Crippen molar-refractivity contribution in [2.45, 2.75) is 19.9 Å². The minimum atomic E-state index is 0.680. The second kappa shape index (κ2) is 8.40. The van der Waals surface area contributed by atoms with Crippen molar-refractivity contribution in [2.24, 2.45) is 0 Å². The van der Waals surface area contributed by atoms with Crippen LogP contribution in [0.3, 0.4) is 0 Å². The maximum Gasteiger partial charge on any atom is 0.134 e. The molecule has 31 heavy (non-hydrogen) atoms. The lowest BCUT2D eigenvalue weighted by Gasteiger charge is -2.11. The Kier molecular flexibility index (Phi) is 5.15. The summed E-state index contributed by atoms with van der Waals surface area (Å²) < 4.78 is 0. The van der Waals surface area contributed by atoms with Crippen LogP contribution in [0.1, 0.15) is 22.5 Å². The number of benzene rings is 2. The number of nitrogens with zero attached hydrogens (tertiary/aromatic N) is 3. The first-order chi connectivity index (χ1) is 15.3. The highest BCUT2D eigenvalue weighted by Gasteiger charge is 2.12. The molecule has 0 unspecified atom stereocenters. The Hall–Kier alpha value is -3.99. The lowest BCUT2D eigenvalue weighted by atomic mass is 10.0. The van der Waals surface area contributed by atoms with Crippen molar-refractivity contribution in [3.05, 3.63) is 108 Å². The lowest BCUT2D eigenvalue weighted by Crippen LogP contribution is -2.03. The van der Waals surface area contributed by atoms with Gasteiger partial charge in [-0.05, 0) is 53.9 Å². The van der Waals surface area contributed by atoms with E-state index in [0.717, 1.165) is 40.3 Å². The van der Waals surface area contributed by atoms with Crippen LogP contribution in [0.2, 0.25) is 0 Å². The normalized spacial score (nSPS) is 11.0. The van der Waals surface area contributed by atoms with E-state index in [4.69, 9.17) is 9.97 Å². The monoisotopic (exact) mass is 405 g/mol. The zero-order valence-corrected chi connectivity index (χ0v) is 17.3. The summed E-state index contributed by atoms with van der Waals surface area (Å²) in [6.45, 7) is 2.95. The smallest absolute Gasteiger partial charge is 0.134 e. The van der Waals surface area contributed by atoms with Crippen molar-refractivity contribution in [2.75, 3.05) is 5.32 Å². The van der Waals surface area contributed by atoms with Crippen LogP contribution in [0.4, 0.5) is 5.69 Å². The Labute approximate surface area is 181 Å². The van der Waals surface area contributed by atoms with Crippen LogP contribution in [-0.2, 0) is 13.0 Å². The first-order valence-corrected chi connectivity index (χ1v) is 10.4. The molecule has 3 heterocycles. The molecule has 0 atom stereocenters. The van der Waals surface area contributed by atoms with Gasteiger partial charge in [0.2, 0.25) is 0 Å². The van der Waals surface area contributed by atoms with E-state index in [2.05, 4.69) is 64.7 Å². The molecule has 0 aliphatic rings. The summed E-state index contributed by atoms with van der Waals surface area (Å²) >= 11 is 0. The van der Waals surface area contributed by atoms with Crippen molar-refractivity contribution in [1.29, 1.82) is 0 Å². The van der Waals surface area contributed by atoms with E-state index >= 15 is 0 Å². The van der Waals surface area contributed by atoms with Crippen molar-refractivity contribution < 1.29 is 0 Å². The number of nitrogens with one attached hydrogen (secondary N) is 2. The number of hydrogen-bond donors (Lipinski definition) is 2. The predicted molar refractivity (Wildman–Crippen MR) is 125 cm³/mol. The number of fused-ring (bicyclic) bond motifs is 1. The molecule has 0 spiro atoms. The third-order valence-corrected chi connectivity index (χ3v) is 5.42. The molecule has 0 saturated carbocycles. The zero-order chi connectivity index (χ0) is 21.0. The van der Waals surface area contributed by atoms with Crippen LogP contribution in [0, 0.1) is 6.92 Å². The van der Waals surface area contributed by atoms with Gasteiger partial charge >= 0.3 is 0 Å². The summed E-state index contributed by atoms with van der Waals surface area (Å²) in [5.41, 5.74) is 8.55. The topological polar surface area (TPSA) is 66.5 Å². The fourth-order valence-electron chi connectivity index (χ4n) is 3.76. The van der Waals surface area contributed by atoms with Gasteiger partial charge in [-0.15, -0.1) is 0 Å². The molecule has 5 rings (SSSR count). The standard InChI is InChI=1S/C26H23N5/c1-18-14-22(29-16-19-6-3-2-4-7-19)10-9-20(18)15-24-30-23-11-13-28-26(23)25(31-24)21-8-5-12-27-17-21/h2-14,17,28-29H,15-16H2,1H3. The molecule has 5 heteroatoms. The van der Waals surface area contributed by atoms with E-state index in [9.17, 15) is 0 Å². The van der Waals surface area contributed by atoms with Crippen LogP contribution < -0.4 is 5.32 Å². The van der Waals surface area contributed by atoms with Crippen molar-refractivity contribution >= 4 is 16.7 Å². The third-order valence-electron chi connectivity index (χ3n) is 5.42. The molecule has 3 aromatic heterocycles. The number of anilines is 1. The number of aryl methyl sites for hydroxylation is 1. The molecule has 2 aromatic carbocycles. The number of aromatic amines is 1. The Balaban J connectivity index is 1.39. The van der Waals surface area contributed by atoms with Gasteiger partial charge in [-0.2, -0.15) is 0 Å². The fourth-order valence-corrected chi connectivity index (χ4v) is 3.76. The molecule has 2 N–H and O–H groups in total. The Morgan fingerprint density at radius 2 is 1.84 bits per heavy atom. The Morgan fingerprint density at radius 1 is 0.935 bits per heavy atom. The lowest BCUT2D eigenvalue weighted by molar-refractivity contribution is 0.985. The highest BCUT2D eigenvalue weighted by molar-refractivity contribution is 5.89. The molecule has 5 aromatic rings. The number of pyridine rings is 1. The molecule has 152 valence electrons. The Morgan fingerprint density at radius 3 is 2.65 bits per heavy atom. The second-order valence-corrected chi connectivity index (χ2v) is 7.63. The fraction of sp³-hybridized carbons (Fsp3) is 0.115. The van der Waals surface area contributed by atoms with Crippen molar-refractivity contribution in [3.63, 3.8) is 0 Å². The maximum absolute atomic E-state index is 4.88. The summed E-state index contributed by atoms with van der Waals surface area (Å²) in [6.07, 6.45) is 6.19. The minimum Gasteiger partial charge on any atom is -0.381 e. The van der Waals surface area contributed by atoms with Crippen LogP contribution in [0.15, 0.2) is 85.3 Å². The van der Waals surface area contributed by atoms with E-state index < -0.39 is 0 Å². The first kappa shape index (κ1) is 19.0. The van der Waals surface area contributed by atoms with Gasteiger partial charge in [0.15, 0.2) is 0 Å². The first-order valence-electron chi connectivity index (χ1n) is 10.4. The number of rotatable bonds is 6. The number of aromatic nitrogens is 4. The van der Waals surface area contributed by atoms with Gasteiger partial charge in [0, 0.05) is 42.8 Å². The van der Waals surface area contributed by atoms with Crippen molar-refractivity contribution in [1.82, 2.24) is 19.9 Å². The maximum atomic E-state index is 4.88. The number of hydrogen-bond acceptors (Lipinski definition) is 4. The molecule has 0 radical (unpaired) electrons. The molecule has 0 fully saturated rings. The number of H-pyrrole nitrogens is 1. The van der Waals surface area contributed by atoms with Gasteiger partial charge in [0.05, 0.1) is 16.7 Å². The van der Waals surface area contributed by atoms with E-state index in [1.54, 1.807) is 6.20 Å². The van der Waals surface area contributed by atoms with E-state index in [0.29, 0.717) is 6.42 Å². The largest absolute Gasteiger partial charge is 0.381 e. The summed E-state index contributed by atoms with van der Waals surface area (Å²) in [7, 11) is 0. The molecule has 0 amide bonds. The van der Waals surface area contributed by atoms with Crippen LogP contribution in [0.5, 0.6) is 0 Å². The van der Waals surface area contributed by atoms with E-state index in [1.165, 1.54) is 16.7 Å². The summed E-state index contributed by atoms with van der Waals surface area (Å²) in [4.78, 5) is 17.2. The molecule has 0 bridgehead atoms. The van der Waals surface area contributed by atoms with Gasteiger partial charge in [-0.3, -0.25) is 4.98 Å². The van der Waals surface area contributed by atoms with Gasteiger partial charge in [0.25, 0.3) is 0 Å². The highest BCUT2D eigenvalue weighted by Crippen LogP contribution is 2.26. The molecular formula is C26H23N5. The van der Waals surface area contributed by atoms with Crippen LogP contribution in [-0.4, -0.2) is 19.9 Å². The molecular weight excluding hydrogens is 382 g/mol.